The summed E-state index contributed by atoms with van der Waals surface area (Å²) in [6.45, 7) is 6.52. The Balaban J connectivity index is 1.26. The first kappa shape index (κ1) is 19.3. The number of nitrogens with zero attached hydrogens (tertiary/aromatic N) is 3. The lowest BCUT2D eigenvalue weighted by Crippen LogP contribution is -2.51. The van der Waals surface area contributed by atoms with Crippen molar-refractivity contribution in [2.24, 2.45) is 11.8 Å². The van der Waals surface area contributed by atoms with Crippen molar-refractivity contribution in [3.63, 3.8) is 0 Å². The maximum atomic E-state index is 13.9. The summed E-state index contributed by atoms with van der Waals surface area (Å²) < 4.78 is 25.2. The van der Waals surface area contributed by atoms with Gasteiger partial charge in [0.1, 0.15) is 11.6 Å². The van der Waals surface area contributed by atoms with E-state index in [-0.39, 0.29) is 29.6 Å². The minimum absolute atomic E-state index is 0.0503. The second-order valence-corrected chi connectivity index (χ2v) is 8.85. The molecule has 3 saturated heterocycles. The number of carbonyl (C=O) groups is 1. The molecule has 0 spiro atoms. The van der Waals surface area contributed by atoms with Crippen molar-refractivity contribution in [2.75, 3.05) is 59.6 Å². The Hall–Kier alpha value is -1.70. The fraction of sp³-hybridized carbons (Fsp3) is 0.682. The Morgan fingerprint density at radius 3 is 2.66 bits per heavy atom. The number of piperidine rings is 1. The molecule has 0 radical (unpaired) electrons. The van der Waals surface area contributed by atoms with Crippen molar-refractivity contribution in [3.05, 3.63) is 29.6 Å². The van der Waals surface area contributed by atoms with Crippen LogP contribution in [0, 0.1) is 17.7 Å². The molecule has 0 bridgehead atoms. The van der Waals surface area contributed by atoms with E-state index >= 15 is 0 Å². The fourth-order valence-corrected chi connectivity index (χ4v) is 5.74. The van der Waals surface area contributed by atoms with Gasteiger partial charge < -0.3 is 14.4 Å². The molecule has 5 rings (SSSR count). The van der Waals surface area contributed by atoms with Gasteiger partial charge in [0.15, 0.2) is 0 Å². The number of halogens is 1. The number of benzene rings is 1. The summed E-state index contributed by atoms with van der Waals surface area (Å²) in [4.78, 5) is 20.2. The zero-order valence-electron chi connectivity index (χ0n) is 17.1. The number of hydrogen-bond acceptors (Lipinski definition) is 5. The van der Waals surface area contributed by atoms with Gasteiger partial charge in [0.2, 0.25) is 5.91 Å². The summed E-state index contributed by atoms with van der Waals surface area (Å²) in [6.07, 6.45) is 2.07. The van der Waals surface area contributed by atoms with Crippen LogP contribution in [0.2, 0.25) is 0 Å². The number of likely N-dealkylation sites (tertiary alicyclic amines) is 2. The van der Waals surface area contributed by atoms with Crippen molar-refractivity contribution < 1.29 is 18.7 Å². The first-order chi connectivity index (χ1) is 14.1. The molecule has 3 fully saturated rings. The molecule has 0 saturated carbocycles. The second kappa shape index (κ2) is 7.85. The summed E-state index contributed by atoms with van der Waals surface area (Å²) in [5.74, 6) is 0.744. The summed E-state index contributed by atoms with van der Waals surface area (Å²) >= 11 is 0. The van der Waals surface area contributed by atoms with Crippen molar-refractivity contribution >= 4 is 5.91 Å². The molecule has 4 aliphatic heterocycles. The largest absolute Gasteiger partial charge is 0.493 e. The van der Waals surface area contributed by atoms with Crippen LogP contribution in [0.3, 0.4) is 0 Å². The molecule has 158 valence electrons. The molecule has 0 aromatic heterocycles. The lowest BCUT2D eigenvalue weighted by molar-refractivity contribution is -0.138. The normalized spacial score (nSPS) is 31.2. The number of ether oxygens (including phenoxy) is 2. The first-order valence-electron chi connectivity index (χ1n) is 10.8. The van der Waals surface area contributed by atoms with Gasteiger partial charge in [-0.05, 0) is 38.1 Å². The molecule has 29 heavy (non-hydrogen) atoms. The molecule has 1 aromatic carbocycles. The van der Waals surface area contributed by atoms with Crippen LogP contribution in [0.1, 0.15) is 24.4 Å². The summed E-state index contributed by atoms with van der Waals surface area (Å²) in [5, 5.41) is 0. The molecule has 4 aliphatic rings. The number of morpholine rings is 1. The topological polar surface area (TPSA) is 45.3 Å². The van der Waals surface area contributed by atoms with Crippen LogP contribution >= 0.6 is 0 Å². The van der Waals surface area contributed by atoms with Crippen molar-refractivity contribution in [2.45, 2.75) is 24.9 Å². The average Bonchev–Trinajstić information content (AvgIpc) is 3.11. The molecule has 0 aliphatic carbocycles. The van der Waals surface area contributed by atoms with Gasteiger partial charge in [-0.15, -0.1) is 0 Å². The summed E-state index contributed by atoms with van der Waals surface area (Å²) in [6, 6.07) is 5.34. The van der Waals surface area contributed by atoms with Gasteiger partial charge in [0, 0.05) is 56.3 Å². The van der Waals surface area contributed by atoms with Crippen LogP contribution < -0.4 is 4.74 Å². The summed E-state index contributed by atoms with van der Waals surface area (Å²) in [5.41, 5.74) is 0.880. The van der Waals surface area contributed by atoms with Crippen LogP contribution in [-0.2, 0) is 9.53 Å². The zero-order chi connectivity index (χ0) is 20.0. The molecule has 7 heteroatoms. The van der Waals surface area contributed by atoms with E-state index in [0.717, 1.165) is 63.5 Å². The highest BCUT2D eigenvalue weighted by Crippen LogP contribution is 2.47. The molecular weight excluding hydrogens is 373 g/mol. The Morgan fingerprint density at radius 2 is 1.90 bits per heavy atom. The van der Waals surface area contributed by atoms with Gasteiger partial charge in [0.25, 0.3) is 0 Å². The Bertz CT molecular complexity index is 762. The highest BCUT2D eigenvalue weighted by Gasteiger charge is 2.49. The lowest BCUT2D eigenvalue weighted by atomic mass is 9.84. The van der Waals surface area contributed by atoms with E-state index in [4.69, 9.17) is 9.47 Å². The van der Waals surface area contributed by atoms with Crippen LogP contribution in [0.25, 0.3) is 0 Å². The van der Waals surface area contributed by atoms with E-state index in [1.807, 2.05) is 7.05 Å². The minimum Gasteiger partial charge on any atom is -0.493 e. The van der Waals surface area contributed by atoms with E-state index in [0.29, 0.717) is 19.2 Å². The van der Waals surface area contributed by atoms with Crippen LogP contribution in [-0.4, -0.2) is 86.2 Å². The Morgan fingerprint density at radius 1 is 1.14 bits per heavy atom. The monoisotopic (exact) mass is 403 g/mol. The van der Waals surface area contributed by atoms with Gasteiger partial charge in [-0.1, -0.05) is 0 Å². The maximum absolute atomic E-state index is 13.9. The van der Waals surface area contributed by atoms with E-state index in [9.17, 15) is 9.18 Å². The molecule has 4 heterocycles. The number of carbonyl (C=O) groups excluding carboxylic acids is 1. The smallest absolute Gasteiger partial charge is 0.227 e. The third kappa shape index (κ3) is 3.53. The molecular formula is C22H30FN3O3. The van der Waals surface area contributed by atoms with Gasteiger partial charge >= 0.3 is 0 Å². The predicted molar refractivity (Wildman–Crippen MR) is 106 cm³/mol. The summed E-state index contributed by atoms with van der Waals surface area (Å²) in [7, 11) is 2.04. The average molecular weight is 403 g/mol. The SMILES string of the molecule is CN1C[C@@H](C(=O)N2CCC(N3CCOCC3)CC2)[C@@H]2COc3ccc(F)cc3[C@@H]21. The van der Waals surface area contributed by atoms with E-state index in [2.05, 4.69) is 14.7 Å². The number of amides is 1. The van der Waals surface area contributed by atoms with Crippen molar-refractivity contribution in [3.8, 4) is 5.75 Å². The molecule has 6 nitrogen and oxygen atoms in total. The van der Waals surface area contributed by atoms with Crippen molar-refractivity contribution in [1.29, 1.82) is 0 Å². The van der Waals surface area contributed by atoms with Gasteiger partial charge in [-0.3, -0.25) is 14.6 Å². The Kier molecular flexibility index (Phi) is 5.22. The highest BCUT2D eigenvalue weighted by atomic mass is 19.1. The predicted octanol–water partition coefficient (Wildman–Crippen LogP) is 1.76. The molecule has 0 N–H and O–H groups in total. The van der Waals surface area contributed by atoms with Crippen LogP contribution in [0.5, 0.6) is 5.75 Å². The van der Waals surface area contributed by atoms with Crippen molar-refractivity contribution in [1.82, 2.24) is 14.7 Å². The third-order valence-corrected chi connectivity index (χ3v) is 7.26. The molecule has 1 aromatic rings. The zero-order valence-corrected chi connectivity index (χ0v) is 17.1. The molecule has 1 amide bonds. The van der Waals surface area contributed by atoms with Crippen LogP contribution in [0.15, 0.2) is 18.2 Å². The van der Waals surface area contributed by atoms with E-state index in [1.54, 1.807) is 12.1 Å². The fourth-order valence-electron chi connectivity index (χ4n) is 5.74. The maximum Gasteiger partial charge on any atom is 0.227 e. The van der Waals surface area contributed by atoms with Gasteiger partial charge in [0.05, 0.1) is 25.7 Å². The molecule has 3 atom stereocenters. The highest BCUT2D eigenvalue weighted by molar-refractivity contribution is 5.80. The Labute approximate surface area is 171 Å². The van der Waals surface area contributed by atoms with E-state index in [1.165, 1.54) is 6.07 Å². The number of fused-ring (bicyclic) bond motifs is 3. The number of hydrogen-bond donors (Lipinski definition) is 0. The quantitative estimate of drug-likeness (QED) is 0.753. The lowest BCUT2D eigenvalue weighted by Gasteiger charge is -2.41. The third-order valence-electron chi connectivity index (χ3n) is 7.26. The second-order valence-electron chi connectivity index (χ2n) is 8.85. The number of rotatable bonds is 2. The van der Waals surface area contributed by atoms with Crippen LogP contribution in [0.4, 0.5) is 4.39 Å². The van der Waals surface area contributed by atoms with Gasteiger partial charge in [-0.25, -0.2) is 4.39 Å². The van der Waals surface area contributed by atoms with Gasteiger partial charge in [-0.2, -0.15) is 0 Å². The van der Waals surface area contributed by atoms with E-state index < -0.39 is 0 Å². The minimum atomic E-state index is -0.249. The first-order valence-corrected chi connectivity index (χ1v) is 10.8. The standard InChI is InChI=1S/C22H30FN3O3/c1-24-13-18(19-14-29-20-3-2-15(23)12-17(20)21(19)24)22(27)26-6-4-16(5-7-26)25-8-10-28-11-9-25/h2-3,12,16,18-19,21H,4-11,13-14H2,1H3/t18-,19+,21+/m1/s1. The molecule has 0 unspecified atom stereocenters.